The second kappa shape index (κ2) is 5.51. The minimum atomic E-state index is -5.07. The van der Waals surface area contributed by atoms with Crippen LogP contribution >= 0.6 is 15.9 Å². The van der Waals surface area contributed by atoms with Gasteiger partial charge in [-0.1, -0.05) is 0 Å². The number of ether oxygens (including phenoxy) is 1. The molecule has 0 spiro atoms. The lowest BCUT2D eigenvalue weighted by atomic mass is 10.2. The highest BCUT2D eigenvalue weighted by Gasteiger charge is 2.43. The maximum absolute atomic E-state index is 12.5. The summed E-state index contributed by atoms with van der Waals surface area (Å²) in [6, 6.07) is -0.255. The van der Waals surface area contributed by atoms with Crippen LogP contribution in [0.1, 0.15) is 24.6 Å². The topological polar surface area (TPSA) is 68.5 Å². The maximum atomic E-state index is 12.5. The Balaban J connectivity index is 2.09. The number of fused-ring (bicyclic) bond motifs is 1. The van der Waals surface area contributed by atoms with Crippen molar-refractivity contribution in [3.63, 3.8) is 0 Å². The molecule has 0 aromatic carbocycles. The van der Waals surface area contributed by atoms with Gasteiger partial charge < -0.3 is 10.1 Å². The molecule has 0 saturated carbocycles. The highest BCUT2D eigenvalue weighted by Crippen LogP contribution is 2.33. The summed E-state index contributed by atoms with van der Waals surface area (Å²) in [5.74, 6) is -2.51. The molecule has 1 aliphatic rings. The van der Waals surface area contributed by atoms with Crippen molar-refractivity contribution in [1.29, 1.82) is 0 Å². The molecule has 3 heterocycles. The third-order valence-corrected chi connectivity index (χ3v) is 3.68. The van der Waals surface area contributed by atoms with Crippen molar-refractivity contribution in [2.75, 3.05) is 6.54 Å². The SMILES string of the molecule is O=C(Oc1c(C2CCCN2)nc2cnc(Br)cn12)C(F)(F)F. The summed E-state index contributed by atoms with van der Waals surface area (Å²) in [4.78, 5) is 19.4. The van der Waals surface area contributed by atoms with E-state index in [2.05, 4.69) is 36.0 Å². The number of hydrogen-bond donors (Lipinski definition) is 1. The molecule has 22 heavy (non-hydrogen) atoms. The van der Waals surface area contributed by atoms with Gasteiger partial charge in [-0.05, 0) is 35.3 Å². The zero-order valence-corrected chi connectivity index (χ0v) is 12.6. The van der Waals surface area contributed by atoms with Gasteiger partial charge in [0.25, 0.3) is 0 Å². The Morgan fingerprint density at radius 2 is 2.27 bits per heavy atom. The number of imidazole rings is 1. The minimum Gasteiger partial charge on any atom is -0.400 e. The zero-order chi connectivity index (χ0) is 15.9. The number of halogens is 4. The van der Waals surface area contributed by atoms with Gasteiger partial charge in [0.2, 0.25) is 5.88 Å². The first-order valence-electron chi connectivity index (χ1n) is 6.42. The first kappa shape index (κ1) is 15.2. The number of carbonyl (C=O) groups excluding carboxylic acids is 1. The summed E-state index contributed by atoms with van der Waals surface area (Å²) in [7, 11) is 0. The fourth-order valence-electron chi connectivity index (χ4n) is 2.32. The molecule has 1 fully saturated rings. The molecule has 118 valence electrons. The van der Waals surface area contributed by atoms with E-state index in [4.69, 9.17) is 0 Å². The lowest BCUT2D eigenvalue weighted by molar-refractivity contribution is -0.190. The van der Waals surface area contributed by atoms with E-state index in [1.807, 2.05) is 0 Å². The number of nitrogens with one attached hydrogen (secondary N) is 1. The van der Waals surface area contributed by atoms with Gasteiger partial charge in [-0.25, -0.2) is 14.8 Å². The molecule has 0 aliphatic carbocycles. The van der Waals surface area contributed by atoms with Crippen molar-refractivity contribution in [1.82, 2.24) is 19.7 Å². The molecular weight excluding hydrogens is 369 g/mol. The molecule has 2 aromatic heterocycles. The minimum absolute atomic E-state index is 0.236. The van der Waals surface area contributed by atoms with Gasteiger partial charge in [-0.3, -0.25) is 4.40 Å². The number of carbonyl (C=O) groups is 1. The lowest BCUT2D eigenvalue weighted by Crippen LogP contribution is -2.29. The summed E-state index contributed by atoms with van der Waals surface area (Å²) in [6.07, 6.45) is -0.718. The Hall–Kier alpha value is -1.68. The van der Waals surface area contributed by atoms with Crippen LogP contribution in [0.2, 0.25) is 0 Å². The molecule has 1 unspecified atom stereocenters. The Labute approximate surface area is 130 Å². The van der Waals surface area contributed by atoms with Crippen LogP contribution in [-0.4, -0.2) is 33.1 Å². The zero-order valence-electron chi connectivity index (χ0n) is 11.0. The Bertz CT molecular complexity index is 725. The van der Waals surface area contributed by atoms with E-state index in [9.17, 15) is 18.0 Å². The van der Waals surface area contributed by atoms with Crippen molar-refractivity contribution < 1.29 is 22.7 Å². The van der Waals surface area contributed by atoms with Gasteiger partial charge in [0.15, 0.2) is 5.65 Å². The second-order valence-electron chi connectivity index (χ2n) is 4.78. The van der Waals surface area contributed by atoms with Gasteiger partial charge in [0.05, 0.1) is 12.2 Å². The average Bonchev–Trinajstić information content (AvgIpc) is 3.06. The third-order valence-electron chi connectivity index (χ3n) is 3.27. The summed E-state index contributed by atoms with van der Waals surface area (Å²) >= 11 is 3.13. The molecule has 0 bridgehead atoms. The molecule has 1 N–H and O–H groups in total. The first-order chi connectivity index (χ1) is 10.4. The van der Waals surface area contributed by atoms with Gasteiger partial charge >= 0.3 is 12.1 Å². The fraction of sp³-hybridized carbons (Fsp3) is 0.417. The Morgan fingerprint density at radius 3 is 2.91 bits per heavy atom. The van der Waals surface area contributed by atoms with Crippen molar-refractivity contribution in [3.8, 4) is 5.88 Å². The van der Waals surface area contributed by atoms with Crippen LogP contribution in [0.4, 0.5) is 13.2 Å². The second-order valence-corrected chi connectivity index (χ2v) is 5.59. The highest BCUT2D eigenvalue weighted by molar-refractivity contribution is 9.10. The monoisotopic (exact) mass is 378 g/mol. The molecule has 1 saturated heterocycles. The predicted molar refractivity (Wildman–Crippen MR) is 72.4 cm³/mol. The molecule has 6 nitrogen and oxygen atoms in total. The molecular formula is C12H10BrF3N4O2. The van der Waals surface area contributed by atoms with Gasteiger partial charge in [0, 0.05) is 6.20 Å². The van der Waals surface area contributed by atoms with Gasteiger partial charge in [0.1, 0.15) is 10.3 Å². The van der Waals surface area contributed by atoms with Crippen molar-refractivity contribution in [3.05, 3.63) is 22.7 Å². The van der Waals surface area contributed by atoms with E-state index in [0.717, 1.165) is 13.0 Å². The van der Waals surface area contributed by atoms with Crippen LogP contribution in [0.3, 0.4) is 0 Å². The van der Waals surface area contributed by atoms with Crippen LogP contribution in [-0.2, 0) is 4.79 Å². The largest absolute Gasteiger partial charge is 0.491 e. The van der Waals surface area contributed by atoms with E-state index >= 15 is 0 Å². The van der Waals surface area contributed by atoms with Crippen LogP contribution in [0.15, 0.2) is 17.0 Å². The Kier molecular flexibility index (Phi) is 3.81. The number of aromatic nitrogens is 3. The van der Waals surface area contributed by atoms with Crippen molar-refractivity contribution >= 4 is 27.5 Å². The molecule has 0 radical (unpaired) electrons. The molecule has 1 aliphatic heterocycles. The van der Waals surface area contributed by atoms with E-state index in [1.54, 1.807) is 0 Å². The number of nitrogens with zero attached hydrogens (tertiary/aromatic N) is 3. The van der Waals surface area contributed by atoms with Crippen molar-refractivity contribution in [2.24, 2.45) is 0 Å². The van der Waals surface area contributed by atoms with Gasteiger partial charge in [-0.2, -0.15) is 13.2 Å². The van der Waals surface area contributed by atoms with E-state index in [0.29, 0.717) is 16.7 Å². The summed E-state index contributed by atoms with van der Waals surface area (Å²) in [6.45, 7) is 0.729. The summed E-state index contributed by atoms with van der Waals surface area (Å²) < 4.78 is 43.7. The smallest absolute Gasteiger partial charge is 0.400 e. The Morgan fingerprint density at radius 1 is 1.50 bits per heavy atom. The first-order valence-corrected chi connectivity index (χ1v) is 7.21. The number of esters is 1. The van der Waals surface area contributed by atoms with E-state index in [-0.39, 0.29) is 17.6 Å². The number of hydrogen-bond acceptors (Lipinski definition) is 5. The van der Waals surface area contributed by atoms with Crippen molar-refractivity contribution in [2.45, 2.75) is 25.1 Å². The number of rotatable bonds is 2. The van der Waals surface area contributed by atoms with E-state index in [1.165, 1.54) is 16.8 Å². The third kappa shape index (κ3) is 2.80. The van der Waals surface area contributed by atoms with Crippen LogP contribution in [0, 0.1) is 0 Å². The molecule has 3 rings (SSSR count). The molecule has 2 aromatic rings. The molecule has 1 atom stereocenters. The van der Waals surface area contributed by atoms with Crippen LogP contribution < -0.4 is 10.1 Å². The molecule has 0 amide bonds. The summed E-state index contributed by atoms with van der Waals surface area (Å²) in [5, 5.41) is 3.12. The van der Waals surface area contributed by atoms with Crippen LogP contribution in [0.5, 0.6) is 5.88 Å². The summed E-state index contributed by atoms with van der Waals surface area (Å²) in [5.41, 5.74) is 0.576. The van der Waals surface area contributed by atoms with Crippen LogP contribution in [0.25, 0.3) is 5.65 Å². The maximum Gasteiger partial charge on any atom is 0.491 e. The standard InChI is InChI=1S/C12H10BrF3N4O2/c13-7-5-20-8(4-18-7)19-9(6-2-1-3-17-6)10(20)22-11(21)12(14,15)16/h4-6,17H,1-3H2. The van der Waals surface area contributed by atoms with Gasteiger partial charge in [-0.15, -0.1) is 0 Å². The predicted octanol–water partition coefficient (Wildman–Crippen LogP) is 2.38. The highest BCUT2D eigenvalue weighted by atomic mass is 79.9. The lowest BCUT2D eigenvalue weighted by Gasteiger charge is -2.11. The fourth-order valence-corrected chi connectivity index (χ4v) is 2.63. The average molecular weight is 379 g/mol. The number of alkyl halides is 3. The normalized spacial score (nSPS) is 18.8. The quantitative estimate of drug-likeness (QED) is 0.812. The molecule has 10 heteroatoms. The van der Waals surface area contributed by atoms with E-state index < -0.39 is 12.1 Å².